The molecule has 0 radical (unpaired) electrons. The molecule has 17 heavy (non-hydrogen) atoms. The van der Waals surface area contributed by atoms with Gasteiger partial charge in [-0.2, -0.15) is 0 Å². The average molecular weight is 228 g/mol. The Morgan fingerprint density at radius 3 is 3.12 bits per heavy atom. The number of nitrogen functional groups attached to an aromatic ring is 1. The summed E-state index contributed by atoms with van der Waals surface area (Å²) in [5.41, 5.74) is 9.39. The van der Waals surface area contributed by atoms with Crippen molar-refractivity contribution in [3.05, 3.63) is 29.3 Å². The maximum absolute atomic E-state index is 5.80. The van der Waals surface area contributed by atoms with E-state index in [1.807, 2.05) is 6.07 Å². The highest BCUT2D eigenvalue weighted by Crippen LogP contribution is 2.32. The van der Waals surface area contributed by atoms with Crippen LogP contribution in [0.25, 0.3) is 0 Å². The third kappa shape index (κ3) is 2.62. The van der Waals surface area contributed by atoms with Crippen molar-refractivity contribution in [2.45, 2.75) is 44.7 Å². The molecule has 0 heterocycles. The first-order valence-corrected chi connectivity index (χ1v) is 6.35. The van der Waals surface area contributed by atoms with Crippen LogP contribution in [0.3, 0.4) is 0 Å². The Labute approximate surface area is 104 Å². The van der Waals surface area contributed by atoms with E-state index in [4.69, 9.17) is 12.2 Å². The minimum atomic E-state index is 0.188. The molecule has 1 aliphatic carbocycles. The Morgan fingerprint density at radius 2 is 2.41 bits per heavy atom. The molecule has 2 atom stereocenters. The number of benzene rings is 1. The predicted molar refractivity (Wildman–Crippen MR) is 72.6 cm³/mol. The number of nitrogens with one attached hydrogen (secondary N) is 1. The van der Waals surface area contributed by atoms with Gasteiger partial charge in [0.1, 0.15) is 0 Å². The monoisotopic (exact) mass is 228 g/mol. The molecule has 2 unspecified atom stereocenters. The highest BCUT2D eigenvalue weighted by Gasteiger charge is 2.23. The summed E-state index contributed by atoms with van der Waals surface area (Å²) in [5, 5.41) is 3.57. The van der Waals surface area contributed by atoms with Gasteiger partial charge in [0.2, 0.25) is 0 Å². The number of terminal acetylenes is 1. The van der Waals surface area contributed by atoms with Crippen molar-refractivity contribution in [3.63, 3.8) is 0 Å². The molecule has 0 aromatic heterocycles. The molecule has 0 spiro atoms. The molecule has 90 valence electrons. The maximum Gasteiger partial charge on any atom is 0.0691 e. The SMILES string of the molecule is C#CC(CCC)NC1CCc2cc(N)ccc21. The van der Waals surface area contributed by atoms with E-state index < -0.39 is 0 Å². The van der Waals surface area contributed by atoms with Gasteiger partial charge in [-0.1, -0.05) is 25.3 Å². The van der Waals surface area contributed by atoms with Crippen molar-refractivity contribution in [2.24, 2.45) is 0 Å². The van der Waals surface area contributed by atoms with Gasteiger partial charge in [0.25, 0.3) is 0 Å². The topological polar surface area (TPSA) is 38.0 Å². The van der Waals surface area contributed by atoms with Crippen LogP contribution in [-0.4, -0.2) is 6.04 Å². The zero-order chi connectivity index (χ0) is 12.3. The molecule has 0 amide bonds. The lowest BCUT2D eigenvalue weighted by Crippen LogP contribution is -2.30. The number of fused-ring (bicyclic) bond motifs is 1. The molecule has 2 rings (SSSR count). The quantitative estimate of drug-likeness (QED) is 0.614. The third-order valence-corrected chi connectivity index (χ3v) is 3.43. The predicted octanol–water partition coefficient (Wildman–Crippen LogP) is 2.65. The molecular formula is C15H20N2. The highest BCUT2D eigenvalue weighted by molar-refractivity contribution is 5.47. The van der Waals surface area contributed by atoms with Crippen LogP contribution in [0.2, 0.25) is 0 Å². The molecule has 1 aromatic carbocycles. The normalized spacial score (nSPS) is 19.6. The Hall–Kier alpha value is -1.46. The summed E-state index contributed by atoms with van der Waals surface area (Å²) < 4.78 is 0. The molecule has 0 aliphatic heterocycles. The van der Waals surface area contributed by atoms with Crippen molar-refractivity contribution in [1.29, 1.82) is 0 Å². The second-order valence-corrected chi connectivity index (χ2v) is 4.72. The second-order valence-electron chi connectivity index (χ2n) is 4.72. The summed E-state index contributed by atoms with van der Waals surface area (Å²) in [4.78, 5) is 0. The molecule has 1 aliphatic rings. The van der Waals surface area contributed by atoms with Crippen molar-refractivity contribution in [1.82, 2.24) is 5.32 Å². The van der Waals surface area contributed by atoms with Gasteiger partial charge in [-0.25, -0.2) is 0 Å². The van der Waals surface area contributed by atoms with Crippen molar-refractivity contribution < 1.29 is 0 Å². The molecule has 0 fully saturated rings. The smallest absolute Gasteiger partial charge is 0.0691 e. The Kier molecular flexibility index (Phi) is 3.71. The van der Waals surface area contributed by atoms with Crippen LogP contribution in [0.4, 0.5) is 5.69 Å². The van der Waals surface area contributed by atoms with E-state index in [0.717, 1.165) is 31.4 Å². The standard InChI is InChI=1S/C15H20N2/c1-3-5-13(4-2)17-15-9-6-11-10-12(16)7-8-14(11)15/h2,7-8,10,13,15,17H,3,5-6,9,16H2,1H3. The van der Waals surface area contributed by atoms with E-state index in [1.165, 1.54) is 11.1 Å². The van der Waals surface area contributed by atoms with Crippen LogP contribution >= 0.6 is 0 Å². The molecule has 3 N–H and O–H groups in total. The van der Waals surface area contributed by atoms with E-state index in [1.54, 1.807) is 0 Å². The number of rotatable bonds is 4. The van der Waals surface area contributed by atoms with Crippen molar-refractivity contribution >= 4 is 5.69 Å². The van der Waals surface area contributed by atoms with E-state index in [2.05, 4.69) is 30.3 Å². The summed E-state index contributed by atoms with van der Waals surface area (Å²) in [6.07, 6.45) is 9.93. The lowest BCUT2D eigenvalue weighted by atomic mass is 10.1. The summed E-state index contributed by atoms with van der Waals surface area (Å²) >= 11 is 0. The zero-order valence-corrected chi connectivity index (χ0v) is 10.4. The number of aryl methyl sites for hydroxylation is 1. The highest BCUT2D eigenvalue weighted by atomic mass is 14.9. The Bertz CT molecular complexity index is 431. The molecule has 0 saturated carbocycles. The van der Waals surface area contributed by atoms with Crippen LogP contribution in [0.1, 0.15) is 43.4 Å². The fraction of sp³-hybridized carbons (Fsp3) is 0.467. The van der Waals surface area contributed by atoms with Crippen LogP contribution in [0.15, 0.2) is 18.2 Å². The van der Waals surface area contributed by atoms with Crippen molar-refractivity contribution in [2.75, 3.05) is 5.73 Å². The number of anilines is 1. The van der Waals surface area contributed by atoms with Gasteiger partial charge in [0.05, 0.1) is 6.04 Å². The van der Waals surface area contributed by atoms with E-state index in [0.29, 0.717) is 6.04 Å². The van der Waals surface area contributed by atoms with Crippen LogP contribution < -0.4 is 11.1 Å². The zero-order valence-electron chi connectivity index (χ0n) is 10.4. The number of nitrogens with two attached hydrogens (primary N) is 1. The van der Waals surface area contributed by atoms with Gasteiger partial charge < -0.3 is 5.73 Å². The first-order chi connectivity index (χ1) is 8.24. The van der Waals surface area contributed by atoms with Gasteiger partial charge in [0.15, 0.2) is 0 Å². The Morgan fingerprint density at radius 1 is 1.59 bits per heavy atom. The van der Waals surface area contributed by atoms with Gasteiger partial charge in [-0.3, -0.25) is 5.32 Å². The van der Waals surface area contributed by atoms with E-state index in [-0.39, 0.29) is 6.04 Å². The largest absolute Gasteiger partial charge is 0.399 e. The number of hydrogen-bond acceptors (Lipinski definition) is 2. The lowest BCUT2D eigenvalue weighted by molar-refractivity contribution is 0.468. The van der Waals surface area contributed by atoms with E-state index in [9.17, 15) is 0 Å². The van der Waals surface area contributed by atoms with Gasteiger partial charge in [-0.15, -0.1) is 6.42 Å². The molecule has 2 nitrogen and oxygen atoms in total. The maximum atomic E-state index is 5.80. The average Bonchev–Trinajstić information content (AvgIpc) is 2.71. The van der Waals surface area contributed by atoms with Crippen LogP contribution in [0, 0.1) is 12.3 Å². The van der Waals surface area contributed by atoms with Gasteiger partial charge in [0, 0.05) is 11.7 Å². The first kappa shape index (κ1) is 12.0. The summed E-state index contributed by atoms with van der Waals surface area (Å²) in [6.45, 7) is 2.16. The van der Waals surface area contributed by atoms with E-state index >= 15 is 0 Å². The Balaban J connectivity index is 2.09. The molecule has 1 aromatic rings. The third-order valence-electron chi connectivity index (χ3n) is 3.43. The summed E-state index contributed by atoms with van der Waals surface area (Å²) in [6, 6.07) is 6.78. The number of hydrogen-bond donors (Lipinski definition) is 2. The second kappa shape index (κ2) is 5.25. The lowest BCUT2D eigenvalue weighted by Gasteiger charge is -2.19. The fourth-order valence-electron chi connectivity index (χ4n) is 2.56. The van der Waals surface area contributed by atoms with Crippen LogP contribution in [0.5, 0.6) is 0 Å². The minimum absolute atomic E-state index is 0.188. The van der Waals surface area contributed by atoms with Crippen LogP contribution in [-0.2, 0) is 6.42 Å². The summed E-state index contributed by atoms with van der Waals surface area (Å²) in [5.74, 6) is 2.84. The minimum Gasteiger partial charge on any atom is -0.399 e. The van der Waals surface area contributed by atoms with Gasteiger partial charge in [-0.05, 0) is 42.5 Å². The molecule has 0 bridgehead atoms. The molecule has 0 saturated heterocycles. The fourth-order valence-corrected chi connectivity index (χ4v) is 2.56. The first-order valence-electron chi connectivity index (χ1n) is 6.35. The van der Waals surface area contributed by atoms with Crippen molar-refractivity contribution in [3.8, 4) is 12.3 Å². The molecular weight excluding hydrogens is 208 g/mol. The summed E-state index contributed by atoms with van der Waals surface area (Å²) in [7, 11) is 0. The van der Waals surface area contributed by atoms with Gasteiger partial charge >= 0.3 is 0 Å². The molecule has 2 heteroatoms.